The number of anilines is 1. The third kappa shape index (κ3) is 4.37. The topological polar surface area (TPSA) is 88.5 Å². The number of ether oxygens (including phenoxy) is 1. The summed E-state index contributed by atoms with van der Waals surface area (Å²) in [5.41, 5.74) is 3.08. The normalized spacial score (nSPS) is 13.4. The molecule has 8 heteroatoms. The van der Waals surface area contributed by atoms with Gasteiger partial charge in [0.05, 0.1) is 24.5 Å². The van der Waals surface area contributed by atoms with Gasteiger partial charge in [0, 0.05) is 37.4 Å². The lowest BCUT2D eigenvalue weighted by Crippen LogP contribution is -2.31. The van der Waals surface area contributed by atoms with Gasteiger partial charge in [-0.1, -0.05) is 0 Å². The molecule has 156 valence electrons. The van der Waals surface area contributed by atoms with E-state index >= 15 is 0 Å². The zero-order chi connectivity index (χ0) is 20.9. The van der Waals surface area contributed by atoms with E-state index in [0.717, 1.165) is 42.7 Å². The number of carbonyl (C=O) groups is 2. The van der Waals surface area contributed by atoms with E-state index < -0.39 is 0 Å². The second-order valence-electron chi connectivity index (χ2n) is 7.25. The smallest absolute Gasteiger partial charge is 0.319 e. The third-order valence-corrected chi connectivity index (χ3v) is 5.25. The molecule has 0 radical (unpaired) electrons. The van der Waals surface area contributed by atoms with E-state index in [9.17, 15) is 9.59 Å². The number of urea groups is 1. The summed E-state index contributed by atoms with van der Waals surface area (Å²) < 4.78 is 7.07. The number of hydrogen-bond donors (Lipinski definition) is 2. The number of carbonyl (C=O) groups excluding carboxylic acids is 2. The van der Waals surface area contributed by atoms with E-state index in [1.54, 1.807) is 37.7 Å². The lowest BCUT2D eigenvalue weighted by molar-refractivity contribution is 0.0793. The van der Waals surface area contributed by atoms with Gasteiger partial charge in [0.2, 0.25) is 0 Å². The zero-order valence-electron chi connectivity index (χ0n) is 16.9. The second-order valence-corrected chi connectivity index (χ2v) is 7.25. The van der Waals surface area contributed by atoms with Crippen molar-refractivity contribution in [2.24, 2.45) is 0 Å². The molecule has 1 aromatic heterocycles. The van der Waals surface area contributed by atoms with Crippen molar-refractivity contribution in [1.82, 2.24) is 19.8 Å². The van der Waals surface area contributed by atoms with Crippen LogP contribution in [0.1, 0.15) is 23.2 Å². The van der Waals surface area contributed by atoms with Crippen molar-refractivity contribution in [3.63, 3.8) is 0 Å². The number of likely N-dealkylation sites (tertiary alicyclic amines) is 1. The predicted octanol–water partition coefficient (Wildman–Crippen LogP) is 3.10. The minimum absolute atomic E-state index is 0.0702. The molecule has 1 aliphatic rings. The Kier molecular flexibility index (Phi) is 5.83. The van der Waals surface area contributed by atoms with Crippen LogP contribution in [-0.2, 0) is 6.54 Å². The van der Waals surface area contributed by atoms with E-state index in [4.69, 9.17) is 4.74 Å². The lowest BCUT2D eigenvalue weighted by Gasteiger charge is -2.15. The van der Waals surface area contributed by atoms with E-state index in [0.29, 0.717) is 24.3 Å². The van der Waals surface area contributed by atoms with Gasteiger partial charge in [0.1, 0.15) is 5.75 Å². The van der Waals surface area contributed by atoms with Crippen molar-refractivity contribution in [3.8, 4) is 5.75 Å². The summed E-state index contributed by atoms with van der Waals surface area (Å²) >= 11 is 0. The molecule has 0 unspecified atom stereocenters. The van der Waals surface area contributed by atoms with Crippen LogP contribution < -0.4 is 15.4 Å². The molecule has 0 aliphatic carbocycles. The first-order valence-corrected chi connectivity index (χ1v) is 10.1. The Morgan fingerprint density at radius 3 is 2.60 bits per heavy atom. The van der Waals surface area contributed by atoms with Crippen LogP contribution in [-0.4, -0.2) is 53.1 Å². The molecule has 0 atom stereocenters. The molecule has 1 fully saturated rings. The SMILES string of the molecule is COc1ccc(NC(=O)NCCn2cnc3cc(C(=O)N4CCCC4)ccc32)cc1. The molecule has 1 aliphatic heterocycles. The van der Waals surface area contributed by atoms with Crippen LogP contribution in [0.4, 0.5) is 10.5 Å². The number of imidazole rings is 1. The summed E-state index contributed by atoms with van der Waals surface area (Å²) in [6.07, 6.45) is 3.88. The standard InChI is InChI=1S/C22H25N5O3/c1-30-18-7-5-17(6-8-18)25-22(29)23-10-13-27-15-24-19-14-16(4-9-20(19)27)21(28)26-11-2-3-12-26/h4-9,14-15H,2-3,10-13H2,1H3,(H2,23,25,29). The Morgan fingerprint density at radius 1 is 1.10 bits per heavy atom. The Hall–Kier alpha value is -3.55. The summed E-state index contributed by atoms with van der Waals surface area (Å²) in [7, 11) is 1.60. The molecule has 2 aromatic carbocycles. The van der Waals surface area contributed by atoms with Gasteiger partial charge in [0.25, 0.3) is 5.91 Å². The molecular formula is C22H25N5O3. The molecule has 2 heterocycles. The number of nitrogens with zero attached hydrogens (tertiary/aromatic N) is 3. The number of aromatic nitrogens is 2. The average Bonchev–Trinajstić information content (AvgIpc) is 3.44. The highest BCUT2D eigenvalue weighted by atomic mass is 16.5. The molecule has 0 bridgehead atoms. The Bertz CT molecular complexity index is 1040. The van der Waals surface area contributed by atoms with Crippen molar-refractivity contribution in [2.75, 3.05) is 32.1 Å². The summed E-state index contributed by atoms with van der Waals surface area (Å²) in [4.78, 5) is 31.0. The molecule has 3 amide bonds. The molecule has 30 heavy (non-hydrogen) atoms. The van der Waals surface area contributed by atoms with Crippen LogP contribution >= 0.6 is 0 Å². The van der Waals surface area contributed by atoms with E-state index in [1.165, 1.54) is 0 Å². The van der Waals surface area contributed by atoms with Gasteiger partial charge >= 0.3 is 6.03 Å². The first-order valence-electron chi connectivity index (χ1n) is 10.1. The van der Waals surface area contributed by atoms with Gasteiger partial charge in [-0.15, -0.1) is 0 Å². The largest absolute Gasteiger partial charge is 0.497 e. The van der Waals surface area contributed by atoms with Crippen molar-refractivity contribution in [2.45, 2.75) is 19.4 Å². The maximum atomic E-state index is 12.6. The maximum Gasteiger partial charge on any atom is 0.319 e. The number of nitrogens with one attached hydrogen (secondary N) is 2. The summed E-state index contributed by atoms with van der Waals surface area (Å²) in [6, 6.07) is 12.5. The summed E-state index contributed by atoms with van der Waals surface area (Å²) in [5.74, 6) is 0.805. The summed E-state index contributed by atoms with van der Waals surface area (Å²) in [5, 5.41) is 5.62. The van der Waals surface area contributed by atoms with Crippen LogP contribution in [0.5, 0.6) is 5.75 Å². The van der Waals surface area contributed by atoms with Crippen LogP contribution in [0.25, 0.3) is 11.0 Å². The number of hydrogen-bond acceptors (Lipinski definition) is 4. The molecular weight excluding hydrogens is 382 g/mol. The first kappa shape index (κ1) is 19.8. The molecule has 4 rings (SSSR count). The van der Waals surface area contributed by atoms with Crippen molar-refractivity contribution in [3.05, 3.63) is 54.4 Å². The van der Waals surface area contributed by atoms with Crippen molar-refractivity contribution in [1.29, 1.82) is 0 Å². The highest BCUT2D eigenvalue weighted by Gasteiger charge is 2.20. The summed E-state index contributed by atoms with van der Waals surface area (Å²) in [6.45, 7) is 2.68. The van der Waals surface area contributed by atoms with Gasteiger partial charge in [-0.2, -0.15) is 0 Å². The molecule has 8 nitrogen and oxygen atoms in total. The van der Waals surface area contributed by atoms with E-state index in [-0.39, 0.29) is 11.9 Å². The predicted molar refractivity (Wildman–Crippen MR) is 115 cm³/mol. The highest BCUT2D eigenvalue weighted by Crippen LogP contribution is 2.18. The van der Waals surface area contributed by atoms with Crippen LogP contribution in [0.15, 0.2) is 48.8 Å². The number of fused-ring (bicyclic) bond motifs is 1. The Labute approximate surface area is 174 Å². The first-order chi connectivity index (χ1) is 14.6. The minimum Gasteiger partial charge on any atom is -0.497 e. The number of amides is 3. The molecule has 2 N–H and O–H groups in total. The second kappa shape index (κ2) is 8.86. The average molecular weight is 407 g/mol. The Balaban J connectivity index is 1.32. The van der Waals surface area contributed by atoms with Crippen LogP contribution in [0.2, 0.25) is 0 Å². The number of methoxy groups -OCH3 is 1. The van der Waals surface area contributed by atoms with Crippen molar-refractivity contribution < 1.29 is 14.3 Å². The van der Waals surface area contributed by atoms with Gasteiger partial charge in [-0.25, -0.2) is 9.78 Å². The fourth-order valence-corrected chi connectivity index (χ4v) is 3.62. The maximum absolute atomic E-state index is 12.6. The van der Waals surface area contributed by atoms with E-state index in [1.807, 2.05) is 27.7 Å². The fourth-order valence-electron chi connectivity index (χ4n) is 3.62. The number of benzene rings is 2. The van der Waals surface area contributed by atoms with Gasteiger partial charge < -0.3 is 24.8 Å². The monoisotopic (exact) mass is 407 g/mol. The van der Waals surface area contributed by atoms with E-state index in [2.05, 4.69) is 15.6 Å². The van der Waals surface area contributed by atoms with Crippen LogP contribution in [0, 0.1) is 0 Å². The fraction of sp³-hybridized carbons (Fsp3) is 0.318. The Morgan fingerprint density at radius 2 is 1.87 bits per heavy atom. The van der Waals surface area contributed by atoms with Gasteiger partial charge in [-0.3, -0.25) is 4.79 Å². The molecule has 1 saturated heterocycles. The highest BCUT2D eigenvalue weighted by molar-refractivity contribution is 5.97. The van der Waals surface area contributed by atoms with Gasteiger partial charge in [-0.05, 0) is 55.3 Å². The van der Waals surface area contributed by atoms with Crippen molar-refractivity contribution >= 4 is 28.7 Å². The molecule has 3 aromatic rings. The molecule has 0 saturated carbocycles. The molecule has 0 spiro atoms. The van der Waals surface area contributed by atoms with Gasteiger partial charge in [0.15, 0.2) is 0 Å². The quantitative estimate of drug-likeness (QED) is 0.657. The minimum atomic E-state index is -0.275. The lowest BCUT2D eigenvalue weighted by atomic mass is 10.1. The number of rotatable bonds is 6. The third-order valence-electron chi connectivity index (χ3n) is 5.25. The van der Waals surface area contributed by atoms with Crippen LogP contribution in [0.3, 0.4) is 0 Å². The zero-order valence-corrected chi connectivity index (χ0v) is 16.9.